The Morgan fingerprint density at radius 2 is 1.73 bits per heavy atom. The molecule has 0 bridgehead atoms. The maximum Gasteiger partial charge on any atom is 0.328 e. The van der Waals surface area contributed by atoms with Gasteiger partial charge in [0.2, 0.25) is 17.7 Å². The van der Waals surface area contributed by atoms with Crippen LogP contribution in [0.3, 0.4) is 0 Å². The third-order valence-corrected chi connectivity index (χ3v) is 6.30. The SMILES string of the molecule is C=CC(=O)Nc1cccc(Oc2nc(Nc3ccc(N4CCN(C)CC4)c(F)c3)nc3[nH]ccc23)c1.O=C(O)/C=C\C(=O)O. The summed E-state index contributed by atoms with van der Waals surface area (Å²) in [5.74, 6) is -2.10. The minimum atomic E-state index is -1.26. The zero-order valence-electron chi connectivity index (χ0n) is 23.7. The minimum absolute atomic E-state index is 0.253. The Morgan fingerprint density at radius 3 is 2.39 bits per heavy atom. The molecule has 4 aromatic rings. The number of fused-ring (bicyclic) bond motifs is 1. The van der Waals surface area contributed by atoms with Gasteiger partial charge in [0.05, 0.1) is 11.1 Å². The Bertz CT molecular complexity index is 1680. The van der Waals surface area contributed by atoms with Crippen molar-refractivity contribution in [3.8, 4) is 11.6 Å². The smallest absolute Gasteiger partial charge is 0.328 e. The highest BCUT2D eigenvalue weighted by molar-refractivity contribution is 5.99. The lowest BCUT2D eigenvalue weighted by Gasteiger charge is -2.34. The van der Waals surface area contributed by atoms with Gasteiger partial charge in [-0.1, -0.05) is 12.6 Å². The van der Waals surface area contributed by atoms with Crippen molar-refractivity contribution < 1.29 is 33.7 Å². The molecule has 14 heteroatoms. The Labute approximate surface area is 251 Å². The van der Waals surface area contributed by atoms with Crippen LogP contribution in [0, 0.1) is 5.82 Å². The van der Waals surface area contributed by atoms with E-state index < -0.39 is 11.9 Å². The van der Waals surface area contributed by atoms with Gasteiger partial charge in [0.15, 0.2) is 0 Å². The lowest BCUT2D eigenvalue weighted by atomic mass is 10.2. The van der Waals surface area contributed by atoms with E-state index in [4.69, 9.17) is 14.9 Å². The second-order valence-corrected chi connectivity index (χ2v) is 9.51. The van der Waals surface area contributed by atoms with Gasteiger partial charge in [-0.2, -0.15) is 9.97 Å². The first-order valence-electron chi connectivity index (χ1n) is 13.3. The highest BCUT2D eigenvalue weighted by Crippen LogP contribution is 2.31. The highest BCUT2D eigenvalue weighted by atomic mass is 19.1. The van der Waals surface area contributed by atoms with Crippen LogP contribution in [0.15, 0.2) is 79.5 Å². The summed E-state index contributed by atoms with van der Waals surface area (Å²) in [5, 5.41) is 22.1. The van der Waals surface area contributed by atoms with Crippen LogP contribution in [0.2, 0.25) is 0 Å². The van der Waals surface area contributed by atoms with E-state index >= 15 is 0 Å². The zero-order chi connectivity index (χ0) is 31.6. The van der Waals surface area contributed by atoms with Crippen LogP contribution in [-0.2, 0) is 14.4 Å². The van der Waals surface area contributed by atoms with Crippen molar-refractivity contribution in [1.29, 1.82) is 0 Å². The van der Waals surface area contributed by atoms with Gasteiger partial charge in [0, 0.05) is 62.0 Å². The second kappa shape index (κ2) is 14.4. The van der Waals surface area contributed by atoms with Crippen LogP contribution in [0.25, 0.3) is 11.0 Å². The Balaban J connectivity index is 0.000000488. The maximum absolute atomic E-state index is 15.0. The molecule has 2 aromatic carbocycles. The summed E-state index contributed by atoms with van der Waals surface area (Å²) in [6.45, 7) is 6.82. The molecule has 2 aromatic heterocycles. The predicted octanol–water partition coefficient (Wildman–Crippen LogP) is 4.22. The number of aromatic nitrogens is 3. The summed E-state index contributed by atoms with van der Waals surface area (Å²) in [6, 6.07) is 13.8. The van der Waals surface area contributed by atoms with Gasteiger partial charge in [-0.25, -0.2) is 14.0 Å². The normalized spacial score (nSPS) is 13.2. The molecule has 5 N–H and O–H groups in total. The number of carbonyl (C=O) groups excluding carboxylic acids is 1. The molecule has 3 heterocycles. The molecule has 0 spiro atoms. The first-order valence-corrected chi connectivity index (χ1v) is 13.3. The fourth-order valence-electron chi connectivity index (χ4n) is 4.15. The fourth-order valence-corrected chi connectivity index (χ4v) is 4.15. The molecule has 228 valence electrons. The van der Waals surface area contributed by atoms with Crippen molar-refractivity contribution in [2.24, 2.45) is 0 Å². The molecule has 0 radical (unpaired) electrons. The summed E-state index contributed by atoms with van der Waals surface area (Å²) < 4.78 is 21.0. The number of halogens is 1. The lowest BCUT2D eigenvalue weighted by Crippen LogP contribution is -2.44. The lowest BCUT2D eigenvalue weighted by molar-refractivity contribution is -0.134. The first kappa shape index (κ1) is 31.2. The molecule has 0 atom stereocenters. The van der Waals surface area contributed by atoms with Crippen molar-refractivity contribution in [3.63, 3.8) is 0 Å². The topological polar surface area (TPSA) is 173 Å². The summed E-state index contributed by atoms with van der Waals surface area (Å²) in [7, 11) is 2.07. The number of benzene rings is 2. The van der Waals surface area contributed by atoms with Crippen LogP contribution in [0.1, 0.15) is 0 Å². The van der Waals surface area contributed by atoms with Crippen molar-refractivity contribution in [2.45, 2.75) is 0 Å². The van der Waals surface area contributed by atoms with E-state index in [9.17, 15) is 18.8 Å². The number of aromatic amines is 1. The quantitative estimate of drug-likeness (QED) is 0.173. The van der Waals surface area contributed by atoms with E-state index in [-0.39, 0.29) is 17.7 Å². The number of nitrogens with one attached hydrogen (secondary N) is 3. The first-order chi connectivity index (χ1) is 21.1. The molecule has 44 heavy (non-hydrogen) atoms. The van der Waals surface area contributed by atoms with Crippen molar-refractivity contribution in [2.75, 3.05) is 48.8 Å². The molecule has 13 nitrogen and oxygen atoms in total. The van der Waals surface area contributed by atoms with E-state index in [1.165, 1.54) is 12.1 Å². The van der Waals surface area contributed by atoms with Gasteiger partial charge < -0.3 is 40.4 Å². The molecule has 1 fully saturated rings. The Morgan fingerprint density at radius 1 is 1.00 bits per heavy atom. The number of amides is 1. The monoisotopic (exact) mass is 603 g/mol. The average Bonchev–Trinajstić information content (AvgIpc) is 3.46. The second-order valence-electron chi connectivity index (χ2n) is 9.51. The predicted molar refractivity (Wildman–Crippen MR) is 163 cm³/mol. The number of hydrogen-bond donors (Lipinski definition) is 5. The molecule has 1 saturated heterocycles. The average molecular weight is 604 g/mol. The van der Waals surface area contributed by atoms with Gasteiger partial charge in [0.1, 0.15) is 17.2 Å². The third kappa shape index (κ3) is 8.62. The number of hydrogen-bond acceptors (Lipinski definition) is 9. The number of anilines is 4. The van der Waals surface area contributed by atoms with Crippen LogP contribution in [-0.4, -0.2) is 81.1 Å². The maximum atomic E-state index is 15.0. The number of H-pyrrole nitrogens is 1. The molecular weight excluding hydrogens is 573 g/mol. The number of carboxylic acids is 2. The van der Waals surface area contributed by atoms with Crippen LogP contribution in [0.4, 0.5) is 27.4 Å². The van der Waals surface area contributed by atoms with Crippen LogP contribution >= 0.6 is 0 Å². The molecule has 0 aliphatic carbocycles. The summed E-state index contributed by atoms with van der Waals surface area (Å²) >= 11 is 0. The molecule has 1 aliphatic heterocycles. The van der Waals surface area contributed by atoms with E-state index in [2.05, 4.69) is 49.0 Å². The standard InChI is InChI=1S/C26H26FN7O2.C4H4O4/c1-3-23(35)29-17-5-4-6-19(15-17)36-25-20-9-10-28-24(20)31-26(32-25)30-18-7-8-22(21(27)16-18)34-13-11-33(2)12-14-34;5-3(6)1-2-4(7)8/h3-10,15-16H,1,11-14H2,2H3,(H,29,35)(H2,28,30,31,32);1-2H,(H,5,6)(H,7,8)/b;2-1-. The number of carbonyl (C=O) groups is 3. The van der Waals surface area contributed by atoms with Gasteiger partial charge >= 0.3 is 11.9 Å². The Hall–Kier alpha value is -5.76. The molecule has 0 unspecified atom stereocenters. The number of piperazine rings is 1. The van der Waals surface area contributed by atoms with Crippen molar-refractivity contribution >= 4 is 51.9 Å². The van der Waals surface area contributed by atoms with Crippen LogP contribution in [0.5, 0.6) is 11.6 Å². The number of nitrogens with zero attached hydrogens (tertiary/aromatic N) is 4. The van der Waals surface area contributed by atoms with E-state index in [1.807, 2.05) is 12.1 Å². The summed E-state index contributed by atoms with van der Waals surface area (Å²) in [6.07, 6.45) is 4.05. The minimum Gasteiger partial charge on any atom is -0.478 e. The van der Waals surface area contributed by atoms with Crippen molar-refractivity contribution in [1.82, 2.24) is 19.9 Å². The number of ether oxygens (including phenoxy) is 1. The van der Waals surface area contributed by atoms with Crippen LogP contribution < -0.4 is 20.3 Å². The Kier molecular flexibility index (Phi) is 10.2. The largest absolute Gasteiger partial charge is 0.478 e. The molecule has 5 rings (SSSR count). The zero-order valence-corrected chi connectivity index (χ0v) is 23.7. The van der Waals surface area contributed by atoms with Gasteiger partial charge in [-0.05, 0) is 49.5 Å². The van der Waals surface area contributed by atoms with Gasteiger partial charge in [-0.3, -0.25) is 4.79 Å². The molecule has 1 aliphatic rings. The van der Waals surface area contributed by atoms with Crippen molar-refractivity contribution in [3.05, 3.63) is 85.4 Å². The van der Waals surface area contributed by atoms with Gasteiger partial charge in [-0.15, -0.1) is 0 Å². The summed E-state index contributed by atoms with van der Waals surface area (Å²) in [5.41, 5.74) is 2.23. The van der Waals surface area contributed by atoms with E-state index in [0.29, 0.717) is 51.9 Å². The molecule has 1 amide bonds. The highest BCUT2D eigenvalue weighted by Gasteiger charge is 2.18. The number of carboxylic acid groups (broad SMARTS) is 2. The number of aliphatic carboxylic acids is 2. The fraction of sp³-hybridized carbons (Fsp3) is 0.167. The number of rotatable bonds is 9. The molecular formula is C30H30FN7O6. The number of likely N-dealkylation sites (N-methyl/N-ethyl adjacent to an activating group) is 1. The van der Waals surface area contributed by atoms with E-state index in [1.54, 1.807) is 36.5 Å². The van der Waals surface area contributed by atoms with Gasteiger partial charge in [0.25, 0.3) is 0 Å². The van der Waals surface area contributed by atoms with E-state index in [0.717, 1.165) is 26.2 Å². The molecule has 0 saturated carbocycles. The summed E-state index contributed by atoms with van der Waals surface area (Å²) in [4.78, 5) is 47.1. The third-order valence-electron chi connectivity index (χ3n) is 6.30.